The number of nitrogens with two attached hydrogens (primary N) is 1. The zero-order valence-electron chi connectivity index (χ0n) is 30.2. The summed E-state index contributed by atoms with van der Waals surface area (Å²) in [6.07, 6.45) is 2.56. The lowest BCUT2D eigenvalue weighted by atomic mass is 10.0. The molecule has 0 bridgehead atoms. The third kappa shape index (κ3) is 13.3. The molecule has 55 heavy (non-hydrogen) atoms. The molecule has 278 valence electrons. The van der Waals surface area contributed by atoms with Crippen molar-refractivity contribution in [1.82, 2.24) is 0 Å². The number of nitrogens with zero attached hydrogens (tertiary/aromatic N) is 1. The van der Waals surface area contributed by atoms with Gasteiger partial charge in [-0.1, -0.05) is 152 Å². The van der Waals surface area contributed by atoms with Crippen LogP contribution < -0.4 is 5.73 Å². The summed E-state index contributed by atoms with van der Waals surface area (Å²) in [7, 11) is 0. The minimum Gasteiger partial charge on any atom is -0.391 e. The molecule has 4 heterocycles. The summed E-state index contributed by atoms with van der Waals surface area (Å²) in [6, 6.07) is 64.2. The van der Waals surface area contributed by atoms with Crippen molar-refractivity contribution >= 4 is 78.1 Å². The number of halogens is 2. The monoisotopic (exact) mass is 860 g/mol. The number of hydrogen-bond acceptors (Lipinski definition) is 6. The summed E-state index contributed by atoms with van der Waals surface area (Å²) < 4.78 is 6.13. The maximum atomic E-state index is 5.63. The van der Waals surface area contributed by atoms with Crippen molar-refractivity contribution in [2.24, 2.45) is 4.99 Å². The highest BCUT2D eigenvalue weighted by molar-refractivity contribution is 9.11. The number of anilines is 1. The Balaban J connectivity index is 0.000000161. The van der Waals surface area contributed by atoms with Gasteiger partial charge in [0.1, 0.15) is 5.00 Å². The SMILES string of the molecule is Brc1ccc(-c2ccccc2)s1.C1CCOC1.Cl.Nc1ccc(-c2ccccc2)s1.c1ccc(C(=Nc2ccc(-c3ccccc3)s2)c2ccccc2)cc1. The number of benzene rings is 5. The Bertz CT molecular complexity index is 2150. The van der Waals surface area contributed by atoms with Crippen molar-refractivity contribution in [1.29, 1.82) is 0 Å². The molecule has 0 spiro atoms. The molecule has 1 aliphatic heterocycles. The van der Waals surface area contributed by atoms with Gasteiger partial charge >= 0.3 is 0 Å². The molecule has 3 nitrogen and oxygen atoms in total. The van der Waals surface area contributed by atoms with Gasteiger partial charge in [0.25, 0.3) is 0 Å². The van der Waals surface area contributed by atoms with Crippen molar-refractivity contribution in [2.45, 2.75) is 12.8 Å². The summed E-state index contributed by atoms with van der Waals surface area (Å²) in [5, 5.41) is 1.88. The van der Waals surface area contributed by atoms with Crippen LogP contribution in [0.4, 0.5) is 10.0 Å². The average Bonchev–Trinajstić information content (AvgIpc) is 4.10. The van der Waals surface area contributed by atoms with Gasteiger partial charge in [0.15, 0.2) is 0 Å². The highest BCUT2D eigenvalue weighted by Crippen LogP contribution is 2.34. The molecule has 0 unspecified atom stereocenters. The minimum atomic E-state index is 0. The van der Waals surface area contributed by atoms with Crippen LogP contribution in [-0.2, 0) is 4.74 Å². The van der Waals surface area contributed by atoms with Crippen LogP contribution in [0.25, 0.3) is 31.3 Å². The molecule has 2 N–H and O–H groups in total. The molecular weight excluding hydrogens is 820 g/mol. The van der Waals surface area contributed by atoms with Gasteiger partial charge < -0.3 is 10.5 Å². The lowest BCUT2D eigenvalue weighted by Crippen LogP contribution is -2.02. The predicted octanol–water partition coefficient (Wildman–Crippen LogP) is 15.0. The van der Waals surface area contributed by atoms with Gasteiger partial charge in [-0.15, -0.1) is 46.4 Å². The van der Waals surface area contributed by atoms with Crippen LogP contribution >= 0.6 is 62.3 Å². The first-order valence-electron chi connectivity index (χ1n) is 17.8. The van der Waals surface area contributed by atoms with Gasteiger partial charge in [-0.3, -0.25) is 0 Å². The Hall–Kier alpha value is -4.60. The molecule has 0 saturated carbocycles. The van der Waals surface area contributed by atoms with Crippen LogP contribution in [-0.4, -0.2) is 18.9 Å². The van der Waals surface area contributed by atoms with Crippen LogP contribution in [0.2, 0.25) is 0 Å². The number of rotatable bonds is 6. The van der Waals surface area contributed by atoms with E-state index in [1.807, 2.05) is 48.5 Å². The summed E-state index contributed by atoms with van der Waals surface area (Å²) in [5.74, 6) is 0. The Morgan fingerprint density at radius 1 is 0.473 bits per heavy atom. The van der Waals surface area contributed by atoms with E-state index >= 15 is 0 Å². The molecule has 9 rings (SSSR count). The van der Waals surface area contributed by atoms with E-state index in [-0.39, 0.29) is 12.4 Å². The number of thiophene rings is 3. The average molecular weight is 862 g/mol. The normalized spacial score (nSPS) is 11.3. The van der Waals surface area contributed by atoms with Crippen LogP contribution in [0.3, 0.4) is 0 Å². The van der Waals surface area contributed by atoms with Gasteiger partial charge in [-0.25, -0.2) is 4.99 Å². The first-order valence-corrected chi connectivity index (χ1v) is 21.0. The zero-order valence-corrected chi connectivity index (χ0v) is 35.0. The Kier molecular flexibility index (Phi) is 17.2. The molecule has 0 radical (unpaired) electrons. The van der Waals surface area contributed by atoms with Crippen LogP contribution in [0.15, 0.2) is 197 Å². The standard InChI is InChI=1S/C23H17NS.C10H7BrS.C10H9NS.C4H8O.ClH/c1-4-10-18(11-5-1)21-16-17-22(25-21)24-23(19-12-6-2-7-13-19)20-14-8-3-9-15-20;2*11-10-7-6-9(12-10)8-4-2-1-3-5-8;1-2-4-5-3-1;/h1-17H;1-7H;1-7H,11H2;1-4H2;1H. The predicted molar refractivity (Wildman–Crippen MR) is 247 cm³/mol. The largest absolute Gasteiger partial charge is 0.391 e. The van der Waals surface area contributed by atoms with E-state index < -0.39 is 0 Å². The third-order valence-electron chi connectivity index (χ3n) is 8.11. The fourth-order valence-electron chi connectivity index (χ4n) is 5.44. The number of nitrogen functional groups attached to an aromatic ring is 1. The fraction of sp³-hybridized carbons (Fsp3) is 0.0851. The summed E-state index contributed by atoms with van der Waals surface area (Å²) in [6.45, 7) is 2.00. The zero-order chi connectivity index (χ0) is 37.2. The maximum absolute atomic E-state index is 5.63. The first-order chi connectivity index (χ1) is 26.6. The third-order valence-corrected chi connectivity index (χ3v) is 11.8. The molecule has 8 aromatic rings. The highest BCUT2D eigenvalue weighted by atomic mass is 79.9. The summed E-state index contributed by atoms with van der Waals surface area (Å²) in [5.41, 5.74) is 12.6. The van der Waals surface area contributed by atoms with E-state index in [2.05, 4.69) is 155 Å². The topological polar surface area (TPSA) is 47.6 Å². The van der Waals surface area contributed by atoms with Crippen molar-refractivity contribution in [2.75, 3.05) is 18.9 Å². The smallest absolute Gasteiger partial charge is 0.117 e. The van der Waals surface area contributed by atoms with Crippen molar-refractivity contribution in [3.8, 4) is 31.3 Å². The van der Waals surface area contributed by atoms with E-state index in [4.69, 9.17) is 15.5 Å². The van der Waals surface area contributed by atoms with Gasteiger partial charge in [0.05, 0.1) is 14.5 Å². The highest BCUT2D eigenvalue weighted by Gasteiger charge is 2.09. The molecule has 0 atom stereocenters. The molecule has 0 aliphatic carbocycles. The molecule has 1 aliphatic rings. The number of hydrogen-bond donors (Lipinski definition) is 1. The van der Waals surface area contributed by atoms with E-state index in [1.165, 1.54) is 47.9 Å². The van der Waals surface area contributed by atoms with Crippen LogP contribution in [0.5, 0.6) is 0 Å². The molecule has 0 amide bonds. The van der Waals surface area contributed by atoms with Crippen molar-refractivity contribution in [3.63, 3.8) is 0 Å². The van der Waals surface area contributed by atoms with Gasteiger partial charge in [0, 0.05) is 39.0 Å². The first kappa shape index (κ1) is 41.6. The maximum Gasteiger partial charge on any atom is 0.117 e. The van der Waals surface area contributed by atoms with E-state index in [9.17, 15) is 0 Å². The van der Waals surface area contributed by atoms with E-state index in [0.29, 0.717) is 0 Å². The minimum absolute atomic E-state index is 0. The summed E-state index contributed by atoms with van der Waals surface area (Å²) in [4.78, 5) is 8.75. The second-order valence-corrected chi connectivity index (χ2v) is 16.7. The lowest BCUT2D eigenvalue weighted by molar-refractivity contribution is 0.198. The molecular formula is C47H42BrClN2OS3. The van der Waals surface area contributed by atoms with Gasteiger partial charge in [-0.05, 0) is 81.9 Å². The Morgan fingerprint density at radius 3 is 1.25 bits per heavy atom. The fourth-order valence-corrected chi connectivity index (χ4v) is 8.50. The van der Waals surface area contributed by atoms with Gasteiger partial charge in [-0.2, -0.15) is 0 Å². The van der Waals surface area contributed by atoms with Gasteiger partial charge in [0.2, 0.25) is 0 Å². The number of aliphatic imine (C=N–C) groups is 1. The second kappa shape index (κ2) is 22.7. The molecule has 3 aromatic heterocycles. The van der Waals surface area contributed by atoms with Crippen LogP contribution in [0.1, 0.15) is 24.0 Å². The number of ether oxygens (including phenoxy) is 1. The van der Waals surface area contributed by atoms with Crippen molar-refractivity contribution in [3.05, 3.63) is 203 Å². The molecule has 8 heteroatoms. The second-order valence-electron chi connectivity index (χ2n) is 12.1. The Labute approximate surface area is 351 Å². The summed E-state index contributed by atoms with van der Waals surface area (Å²) >= 11 is 8.54. The molecule has 5 aromatic carbocycles. The molecule has 1 saturated heterocycles. The molecule has 1 fully saturated rings. The quantitative estimate of drug-likeness (QED) is 0.169. The lowest BCUT2D eigenvalue weighted by Gasteiger charge is -2.06. The Morgan fingerprint density at radius 2 is 0.873 bits per heavy atom. The van der Waals surface area contributed by atoms with Crippen molar-refractivity contribution < 1.29 is 4.74 Å². The van der Waals surface area contributed by atoms with Crippen LogP contribution in [0, 0.1) is 0 Å². The van der Waals surface area contributed by atoms with E-state index in [1.54, 1.807) is 34.0 Å². The van der Waals surface area contributed by atoms with E-state index in [0.717, 1.165) is 40.1 Å².